The van der Waals surface area contributed by atoms with Crippen LogP contribution in [0.5, 0.6) is 17.2 Å². The number of ether oxygens (including phenoxy) is 3. The number of methoxy groups -OCH3 is 3. The van der Waals surface area contributed by atoms with Gasteiger partial charge in [-0.2, -0.15) is 4.40 Å². The average molecular weight is 414 g/mol. The summed E-state index contributed by atoms with van der Waals surface area (Å²) in [6.07, 6.45) is 0. The molecule has 156 valence electrons. The van der Waals surface area contributed by atoms with Gasteiger partial charge in [0.05, 0.1) is 21.3 Å². The van der Waals surface area contributed by atoms with Crippen LogP contribution < -0.4 is 24.5 Å². The highest BCUT2D eigenvalue weighted by Crippen LogP contribution is 2.40. The molecule has 6 nitrogen and oxygen atoms in total. The Bertz CT molecular complexity index is 1440. The molecule has 0 atom stereocenters. The summed E-state index contributed by atoms with van der Waals surface area (Å²) in [6.45, 7) is 0.612. The molecule has 0 bridgehead atoms. The summed E-state index contributed by atoms with van der Waals surface area (Å²) in [4.78, 5) is 0. The quantitative estimate of drug-likeness (QED) is 0.346. The molecule has 0 aliphatic rings. The second-order valence-electron chi connectivity index (χ2n) is 7.41. The van der Waals surface area contributed by atoms with E-state index < -0.39 is 0 Å². The van der Waals surface area contributed by atoms with Crippen LogP contribution in [0.4, 0.5) is 5.69 Å². The molecule has 2 heterocycles. The first-order valence-electron chi connectivity index (χ1n) is 10.1. The van der Waals surface area contributed by atoms with Gasteiger partial charge in [-0.25, -0.2) is 4.57 Å². The number of rotatable bonds is 5. The number of nitrogens with two attached hydrogens (primary N) is 1. The summed E-state index contributed by atoms with van der Waals surface area (Å²) >= 11 is 0. The van der Waals surface area contributed by atoms with Crippen molar-refractivity contribution in [3.8, 4) is 17.2 Å². The van der Waals surface area contributed by atoms with E-state index in [2.05, 4.69) is 51.4 Å². The Labute approximate surface area is 180 Å². The second-order valence-corrected chi connectivity index (χ2v) is 7.41. The molecule has 6 heteroatoms. The van der Waals surface area contributed by atoms with Gasteiger partial charge in [0.15, 0.2) is 22.5 Å². The minimum Gasteiger partial charge on any atom is -0.493 e. The molecule has 0 radical (unpaired) electrons. The predicted molar refractivity (Wildman–Crippen MR) is 122 cm³/mol. The minimum atomic E-state index is 0.594. The van der Waals surface area contributed by atoms with Crippen molar-refractivity contribution >= 4 is 33.3 Å². The van der Waals surface area contributed by atoms with Gasteiger partial charge in [0.25, 0.3) is 5.65 Å². The maximum Gasteiger partial charge on any atom is 0.287 e. The van der Waals surface area contributed by atoms with E-state index in [0.29, 0.717) is 23.8 Å². The fourth-order valence-electron chi connectivity index (χ4n) is 4.37. The van der Waals surface area contributed by atoms with Crippen LogP contribution in [0.25, 0.3) is 27.6 Å². The molecule has 0 saturated heterocycles. The zero-order valence-corrected chi connectivity index (χ0v) is 17.8. The Morgan fingerprint density at radius 1 is 0.806 bits per heavy atom. The Hall–Kier alpha value is -3.93. The van der Waals surface area contributed by atoms with Crippen molar-refractivity contribution in [3.63, 3.8) is 0 Å². The second kappa shape index (κ2) is 7.40. The van der Waals surface area contributed by atoms with Crippen molar-refractivity contribution < 1.29 is 18.8 Å². The van der Waals surface area contributed by atoms with E-state index in [9.17, 15) is 0 Å². The number of hydrogen-bond donors (Lipinski definition) is 1. The molecule has 5 aromatic rings. The number of anilines is 1. The van der Waals surface area contributed by atoms with Crippen molar-refractivity contribution in [2.75, 3.05) is 27.1 Å². The molecular weight excluding hydrogens is 390 g/mol. The standard InChI is InChI=1S/C25H24N3O3/c1-29-22-12-8-17(24(30-2)25(22)31-3)15-27-20-6-4-5-7-21(20)28-19-11-10-18(26)14-16(19)9-13-23(27)28/h4-14H,15,26H2,1-3H3/q+1. The van der Waals surface area contributed by atoms with Gasteiger partial charge < -0.3 is 19.9 Å². The number of imidazole rings is 1. The van der Waals surface area contributed by atoms with Gasteiger partial charge in [-0.1, -0.05) is 12.1 Å². The number of nitrogens with zero attached hydrogens (tertiary/aromatic N) is 2. The number of aromatic nitrogens is 2. The van der Waals surface area contributed by atoms with Crippen LogP contribution in [0.3, 0.4) is 0 Å². The molecule has 0 spiro atoms. The van der Waals surface area contributed by atoms with Gasteiger partial charge in [-0.3, -0.25) is 0 Å². The van der Waals surface area contributed by atoms with E-state index in [-0.39, 0.29) is 0 Å². The zero-order chi connectivity index (χ0) is 21.5. The molecule has 5 rings (SSSR count). The summed E-state index contributed by atoms with van der Waals surface area (Å²) in [5, 5.41) is 1.10. The van der Waals surface area contributed by atoms with Gasteiger partial charge in [0.1, 0.15) is 12.1 Å². The third kappa shape index (κ3) is 2.91. The molecule has 0 amide bonds. The number of pyridine rings is 1. The van der Waals surface area contributed by atoms with Crippen LogP contribution in [-0.2, 0) is 6.54 Å². The number of para-hydroxylation sites is 2. The Morgan fingerprint density at radius 2 is 1.61 bits per heavy atom. The highest BCUT2D eigenvalue weighted by atomic mass is 16.5. The fourth-order valence-corrected chi connectivity index (χ4v) is 4.37. The number of nitrogen functional groups attached to an aromatic ring is 1. The van der Waals surface area contributed by atoms with E-state index in [1.807, 2.05) is 24.3 Å². The topological polar surface area (TPSA) is 62.0 Å². The highest BCUT2D eigenvalue weighted by Gasteiger charge is 2.24. The van der Waals surface area contributed by atoms with Gasteiger partial charge >= 0.3 is 0 Å². The third-order valence-corrected chi connectivity index (χ3v) is 5.74. The lowest BCUT2D eigenvalue weighted by molar-refractivity contribution is -0.636. The molecule has 31 heavy (non-hydrogen) atoms. The Balaban J connectivity index is 1.79. The van der Waals surface area contributed by atoms with Gasteiger partial charge in [0.2, 0.25) is 5.75 Å². The van der Waals surface area contributed by atoms with E-state index >= 15 is 0 Å². The van der Waals surface area contributed by atoms with E-state index in [1.165, 1.54) is 0 Å². The summed E-state index contributed by atoms with van der Waals surface area (Å²) in [6, 6.07) is 22.6. The monoisotopic (exact) mass is 414 g/mol. The van der Waals surface area contributed by atoms with Crippen molar-refractivity contribution in [3.05, 3.63) is 72.3 Å². The lowest BCUT2D eigenvalue weighted by atomic mass is 10.1. The van der Waals surface area contributed by atoms with E-state index in [4.69, 9.17) is 19.9 Å². The summed E-state index contributed by atoms with van der Waals surface area (Å²) in [7, 11) is 4.90. The molecular formula is C25H24N3O3+. The minimum absolute atomic E-state index is 0.594. The SMILES string of the molecule is COc1ccc(C[n+]2c3ccccc3n3c4ccc(N)cc4ccc32)c(OC)c1OC. The van der Waals surface area contributed by atoms with Gasteiger partial charge in [-0.05, 0) is 48.5 Å². The third-order valence-electron chi connectivity index (χ3n) is 5.74. The molecule has 0 fully saturated rings. The van der Waals surface area contributed by atoms with Crippen LogP contribution in [0.15, 0.2) is 66.7 Å². The maximum absolute atomic E-state index is 6.02. The van der Waals surface area contributed by atoms with Crippen LogP contribution in [0.1, 0.15) is 5.56 Å². The van der Waals surface area contributed by atoms with Crippen molar-refractivity contribution in [2.24, 2.45) is 0 Å². The normalized spacial score (nSPS) is 11.3. The number of hydrogen-bond acceptors (Lipinski definition) is 4. The van der Waals surface area contributed by atoms with Crippen LogP contribution in [0.2, 0.25) is 0 Å². The van der Waals surface area contributed by atoms with Gasteiger partial charge in [-0.15, -0.1) is 0 Å². The first-order valence-corrected chi connectivity index (χ1v) is 10.1. The predicted octanol–water partition coefficient (Wildman–Crippen LogP) is 4.19. The highest BCUT2D eigenvalue weighted by molar-refractivity contribution is 5.89. The number of benzene rings is 3. The smallest absolute Gasteiger partial charge is 0.287 e. The Kier molecular flexibility index (Phi) is 4.55. The summed E-state index contributed by atoms with van der Waals surface area (Å²) in [5.41, 5.74) is 12.2. The largest absolute Gasteiger partial charge is 0.493 e. The fraction of sp³-hybridized carbons (Fsp3) is 0.160. The first kappa shape index (κ1) is 19.1. The molecule has 0 unspecified atom stereocenters. The number of fused-ring (bicyclic) bond motifs is 5. The summed E-state index contributed by atoms with van der Waals surface area (Å²) < 4.78 is 21.3. The maximum atomic E-state index is 6.02. The van der Waals surface area contributed by atoms with E-state index in [1.54, 1.807) is 21.3 Å². The van der Waals surface area contributed by atoms with Crippen molar-refractivity contribution in [2.45, 2.75) is 6.54 Å². The lowest BCUT2D eigenvalue weighted by Crippen LogP contribution is -2.34. The molecule has 2 aromatic heterocycles. The van der Waals surface area contributed by atoms with Crippen molar-refractivity contribution in [1.82, 2.24) is 4.40 Å². The molecule has 0 saturated carbocycles. The van der Waals surface area contributed by atoms with E-state index in [0.717, 1.165) is 38.8 Å². The van der Waals surface area contributed by atoms with Crippen LogP contribution >= 0.6 is 0 Å². The van der Waals surface area contributed by atoms with Crippen LogP contribution in [-0.4, -0.2) is 25.7 Å². The molecule has 2 N–H and O–H groups in total. The molecule has 0 aliphatic carbocycles. The van der Waals surface area contributed by atoms with Gasteiger partial charge in [0, 0.05) is 22.7 Å². The molecule has 0 aliphatic heterocycles. The van der Waals surface area contributed by atoms with Crippen molar-refractivity contribution in [1.29, 1.82) is 0 Å². The summed E-state index contributed by atoms with van der Waals surface area (Å²) in [5.74, 6) is 1.91. The zero-order valence-electron chi connectivity index (χ0n) is 17.8. The van der Waals surface area contributed by atoms with Crippen LogP contribution in [0, 0.1) is 0 Å². The molecule has 3 aromatic carbocycles. The Morgan fingerprint density at radius 3 is 2.39 bits per heavy atom. The average Bonchev–Trinajstić information content (AvgIpc) is 3.12. The first-order chi connectivity index (χ1) is 15.2. The lowest BCUT2D eigenvalue weighted by Gasteiger charge is -2.15.